The molecule has 3 N–H and O–H groups in total. The van der Waals surface area contributed by atoms with Crippen LogP contribution in [0.5, 0.6) is 5.75 Å². The van der Waals surface area contributed by atoms with Gasteiger partial charge < -0.3 is 14.9 Å². The minimum absolute atomic E-state index is 0.0112. The standard InChI is InChI=1S/C26H47NO3/c1-3-5-6-7-8-9-10-11-12-13-14-15-16-17-18-20-29-23-21-25(24(27)19-4-2)30-26(28)22-23/h21-22,24H,3-20,27H2,1-2H3/p+1/t24-/m1/s1. The van der Waals surface area contributed by atoms with E-state index in [4.69, 9.17) is 9.15 Å². The predicted octanol–water partition coefficient (Wildman–Crippen LogP) is 6.97. The molecule has 0 unspecified atom stereocenters. The van der Waals surface area contributed by atoms with Crippen molar-refractivity contribution >= 4 is 0 Å². The molecule has 174 valence electrons. The highest BCUT2D eigenvalue weighted by Gasteiger charge is 2.13. The van der Waals surface area contributed by atoms with E-state index in [-0.39, 0.29) is 11.7 Å². The zero-order valence-electron chi connectivity index (χ0n) is 19.9. The number of quaternary nitrogens is 1. The summed E-state index contributed by atoms with van der Waals surface area (Å²) in [6, 6.07) is 3.28. The van der Waals surface area contributed by atoms with Crippen LogP contribution in [0.1, 0.15) is 135 Å². The molecule has 0 aliphatic carbocycles. The third kappa shape index (κ3) is 13.8. The molecular formula is C26H48NO3+. The fourth-order valence-corrected chi connectivity index (χ4v) is 3.91. The third-order valence-corrected chi connectivity index (χ3v) is 5.82. The van der Waals surface area contributed by atoms with Crippen LogP contribution in [0.3, 0.4) is 0 Å². The predicted molar refractivity (Wildman–Crippen MR) is 126 cm³/mol. The van der Waals surface area contributed by atoms with E-state index in [0.717, 1.165) is 19.3 Å². The smallest absolute Gasteiger partial charge is 0.339 e. The summed E-state index contributed by atoms with van der Waals surface area (Å²) in [5.41, 5.74) is 3.73. The molecule has 1 heterocycles. The Morgan fingerprint density at radius 3 is 1.77 bits per heavy atom. The van der Waals surface area contributed by atoms with E-state index in [9.17, 15) is 4.79 Å². The van der Waals surface area contributed by atoms with Crippen molar-refractivity contribution in [1.29, 1.82) is 0 Å². The van der Waals surface area contributed by atoms with Crippen LogP contribution in [0.25, 0.3) is 0 Å². The van der Waals surface area contributed by atoms with E-state index < -0.39 is 0 Å². The van der Waals surface area contributed by atoms with Crippen molar-refractivity contribution in [3.8, 4) is 5.75 Å². The molecular weight excluding hydrogens is 374 g/mol. The maximum absolute atomic E-state index is 11.7. The number of ether oxygens (including phenoxy) is 1. The second-order valence-electron chi connectivity index (χ2n) is 8.80. The maximum Gasteiger partial charge on any atom is 0.339 e. The van der Waals surface area contributed by atoms with Crippen LogP contribution in [0.15, 0.2) is 21.3 Å². The Labute approximate surface area is 185 Å². The van der Waals surface area contributed by atoms with Crippen LogP contribution >= 0.6 is 0 Å². The van der Waals surface area contributed by atoms with E-state index >= 15 is 0 Å². The molecule has 0 radical (unpaired) electrons. The molecule has 0 saturated heterocycles. The minimum atomic E-state index is -0.344. The molecule has 1 rings (SSSR count). The Bertz CT molecular complexity index is 570. The molecule has 4 heteroatoms. The van der Waals surface area contributed by atoms with E-state index in [1.54, 1.807) is 0 Å². The third-order valence-electron chi connectivity index (χ3n) is 5.82. The Kier molecular flexibility index (Phi) is 16.5. The molecule has 1 aromatic rings. The second kappa shape index (κ2) is 18.5. The summed E-state index contributed by atoms with van der Waals surface area (Å²) in [5, 5.41) is 0. The van der Waals surface area contributed by atoms with Crippen molar-refractivity contribution < 1.29 is 14.9 Å². The largest absolute Gasteiger partial charge is 0.493 e. The minimum Gasteiger partial charge on any atom is -0.493 e. The van der Waals surface area contributed by atoms with Gasteiger partial charge in [-0.15, -0.1) is 0 Å². The van der Waals surface area contributed by atoms with Crippen molar-refractivity contribution in [3.05, 3.63) is 28.3 Å². The molecule has 0 fully saturated rings. The van der Waals surface area contributed by atoms with Gasteiger partial charge >= 0.3 is 5.63 Å². The van der Waals surface area contributed by atoms with Gasteiger partial charge in [-0.05, 0) is 6.42 Å². The first kappa shape index (κ1) is 26.7. The van der Waals surface area contributed by atoms with Crippen molar-refractivity contribution in [3.63, 3.8) is 0 Å². The monoisotopic (exact) mass is 422 g/mol. The highest BCUT2D eigenvalue weighted by Crippen LogP contribution is 2.18. The van der Waals surface area contributed by atoms with Crippen molar-refractivity contribution in [2.45, 2.75) is 129 Å². The first-order valence-corrected chi connectivity index (χ1v) is 12.8. The van der Waals surface area contributed by atoms with Gasteiger partial charge in [-0.25, -0.2) is 4.79 Å². The van der Waals surface area contributed by atoms with Gasteiger partial charge in [0.1, 0.15) is 11.8 Å². The Balaban J connectivity index is 1.96. The molecule has 0 saturated carbocycles. The first-order chi connectivity index (χ1) is 14.7. The van der Waals surface area contributed by atoms with Crippen LogP contribution in [0.4, 0.5) is 0 Å². The van der Waals surface area contributed by atoms with E-state index in [1.165, 1.54) is 96.0 Å². The van der Waals surface area contributed by atoms with Crippen molar-refractivity contribution in [2.24, 2.45) is 0 Å². The number of rotatable bonds is 20. The summed E-state index contributed by atoms with van der Waals surface area (Å²) in [6.45, 7) is 5.05. The van der Waals surface area contributed by atoms with Crippen LogP contribution in [-0.4, -0.2) is 6.61 Å². The lowest BCUT2D eigenvalue weighted by atomic mass is 10.0. The van der Waals surface area contributed by atoms with Gasteiger partial charge in [0, 0.05) is 12.5 Å². The summed E-state index contributed by atoms with van der Waals surface area (Å²) in [6.07, 6.45) is 22.3. The Morgan fingerprint density at radius 1 is 0.767 bits per heavy atom. The van der Waals surface area contributed by atoms with Crippen LogP contribution in [0, 0.1) is 0 Å². The van der Waals surface area contributed by atoms with Crippen LogP contribution in [0.2, 0.25) is 0 Å². The number of hydrogen-bond donors (Lipinski definition) is 1. The average Bonchev–Trinajstić information content (AvgIpc) is 2.73. The van der Waals surface area contributed by atoms with Gasteiger partial charge in [-0.1, -0.05) is 110 Å². The molecule has 0 aliphatic heterocycles. The van der Waals surface area contributed by atoms with E-state index in [1.807, 2.05) is 6.07 Å². The van der Waals surface area contributed by atoms with Crippen molar-refractivity contribution in [1.82, 2.24) is 0 Å². The Hall–Kier alpha value is -1.29. The van der Waals surface area contributed by atoms with E-state index in [2.05, 4.69) is 19.6 Å². The van der Waals surface area contributed by atoms with Crippen molar-refractivity contribution in [2.75, 3.05) is 6.61 Å². The van der Waals surface area contributed by atoms with Gasteiger partial charge in [0.2, 0.25) is 0 Å². The molecule has 0 bridgehead atoms. The van der Waals surface area contributed by atoms with Gasteiger partial charge in [0.25, 0.3) is 0 Å². The molecule has 0 amide bonds. The van der Waals surface area contributed by atoms with Gasteiger partial charge in [0.15, 0.2) is 5.76 Å². The molecule has 0 aliphatic rings. The lowest BCUT2D eigenvalue weighted by Gasteiger charge is -2.09. The number of hydrogen-bond acceptors (Lipinski definition) is 3. The average molecular weight is 423 g/mol. The highest BCUT2D eigenvalue weighted by molar-refractivity contribution is 5.21. The topological polar surface area (TPSA) is 67.1 Å². The Morgan fingerprint density at radius 2 is 1.27 bits per heavy atom. The molecule has 0 aromatic carbocycles. The molecule has 1 aromatic heterocycles. The second-order valence-corrected chi connectivity index (χ2v) is 8.80. The fourth-order valence-electron chi connectivity index (χ4n) is 3.91. The molecule has 1 atom stereocenters. The molecule has 30 heavy (non-hydrogen) atoms. The summed E-state index contributed by atoms with van der Waals surface area (Å²) in [4.78, 5) is 11.7. The summed E-state index contributed by atoms with van der Waals surface area (Å²) >= 11 is 0. The normalized spacial score (nSPS) is 12.2. The lowest BCUT2D eigenvalue weighted by Crippen LogP contribution is -2.53. The number of unbranched alkanes of at least 4 members (excludes halogenated alkanes) is 14. The first-order valence-electron chi connectivity index (χ1n) is 12.8. The SMILES string of the molecule is CCCCCCCCCCCCCCCCCOc1cc([C@H]([NH3+])CCC)oc(=O)c1. The molecule has 0 spiro atoms. The van der Waals surface area contributed by atoms with Gasteiger partial charge in [0.05, 0.1) is 12.7 Å². The summed E-state index contributed by atoms with van der Waals surface area (Å²) in [5.74, 6) is 1.26. The molecule has 4 nitrogen and oxygen atoms in total. The van der Waals surface area contributed by atoms with Gasteiger partial charge in [-0.2, -0.15) is 0 Å². The lowest BCUT2D eigenvalue weighted by molar-refractivity contribution is -0.432. The maximum atomic E-state index is 11.7. The zero-order valence-corrected chi connectivity index (χ0v) is 19.9. The quantitative estimate of drug-likeness (QED) is 0.231. The van der Waals surface area contributed by atoms with E-state index in [0.29, 0.717) is 18.1 Å². The zero-order chi connectivity index (χ0) is 21.9. The summed E-state index contributed by atoms with van der Waals surface area (Å²) in [7, 11) is 0. The van der Waals surface area contributed by atoms with Crippen LogP contribution in [-0.2, 0) is 0 Å². The van der Waals surface area contributed by atoms with Crippen LogP contribution < -0.4 is 16.1 Å². The van der Waals surface area contributed by atoms with Gasteiger partial charge in [-0.3, -0.25) is 0 Å². The highest BCUT2D eigenvalue weighted by atomic mass is 16.5. The summed E-state index contributed by atoms with van der Waals surface area (Å²) < 4.78 is 11.0. The fraction of sp³-hybridized carbons (Fsp3) is 0.808.